The molecule has 0 radical (unpaired) electrons. The van der Waals surface area contributed by atoms with Crippen molar-refractivity contribution in [2.75, 3.05) is 17.2 Å². The molecule has 1 aliphatic carbocycles. The molecule has 28 heavy (non-hydrogen) atoms. The second kappa shape index (κ2) is 7.39. The minimum atomic E-state index is -4.68. The zero-order valence-corrected chi connectivity index (χ0v) is 16.1. The van der Waals surface area contributed by atoms with E-state index in [0.29, 0.717) is 0 Å². The van der Waals surface area contributed by atoms with Crippen LogP contribution in [0.1, 0.15) is 18.4 Å². The second-order valence-corrected chi connectivity index (χ2v) is 8.28. The lowest BCUT2D eigenvalue weighted by Gasteiger charge is -2.21. The Bertz CT molecular complexity index is 887. The van der Waals surface area contributed by atoms with Gasteiger partial charge in [-0.25, -0.2) is 9.18 Å². The molecule has 2 aliphatic rings. The molecule has 1 saturated carbocycles. The number of aryl methyl sites for hydroxylation is 1. The number of carbonyl (C=O) groups excluding carboxylic acids is 2. The Balaban J connectivity index is 1.90. The maximum Gasteiger partial charge on any atom is 0.400 e. The maximum atomic E-state index is 14.5. The molecule has 3 rings (SSSR count). The van der Waals surface area contributed by atoms with Crippen molar-refractivity contribution in [3.63, 3.8) is 0 Å². The highest BCUT2D eigenvalue weighted by Crippen LogP contribution is 2.31. The summed E-state index contributed by atoms with van der Waals surface area (Å²) in [5.41, 5.74) is -0.391. The number of alkyl halides is 3. The largest absolute Gasteiger partial charge is 0.400 e. The van der Waals surface area contributed by atoms with E-state index in [0.717, 1.165) is 34.8 Å². The number of hydrogen-bond donors (Lipinski definition) is 1. The minimum Gasteiger partial charge on any atom is -0.335 e. The molecular formula is C16H15F4N3O3S2. The Morgan fingerprint density at radius 1 is 1.36 bits per heavy atom. The van der Waals surface area contributed by atoms with Crippen LogP contribution in [-0.2, 0) is 15.6 Å². The molecule has 2 fully saturated rings. The van der Waals surface area contributed by atoms with Gasteiger partial charge in [0, 0.05) is 10.9 Å². The van der Waals surface area contributed by atoms with Crippen LogP contribution >= 0.6 is 12.2 Å². The SMILES string of the molecule is Cc1cc(F)c(N2C(=O)CN(C(=O)NC3CC3)C2=S)cc1S(=O)CC(F)(F)F. The molecule has 1 saturated heterocycles. The molecule has 0 bridgehead atoms. The van der Waals surface area contributed by atoms with Crippen LogP contribution in [0.15, 0.2) is 17.0 Å². The average molecular weight is 437 g/mol. The number of urea groups is 1. The number of carbonyl (C=O) groups is 2. The summed E-state index contributed by atoms with van der Waals surface area (Å²) in [4.78, 5) is 26.0. The monoisotopic (exact) mass is 437 g/mol. The number of thiocarbonyl (C=S) groups is 1. The van der Waals surface area contributed by atoms with Crippen LogP contribution in [0.5, 0.6) is 0 Å². The van der Waals surface area contributed by atoms with Gasteiger partial charge in [-0.2, -0.15) is 13.2 Å². The molecule has 0 spiro atoms. The van der Waals surface area contributed by atoms with E-state index in [2.05, 4.69) is 5.32 Å². The van der Waals surface area contributed by atoms with Crippen LogP contribution in [0.4, 0.5) is 28.0 Å². The van der Waals surface area contributed by atoms with Crippen LogP contribution < -0.4 is 10.2 Å². The molecule has 1 aromatic carbocycles. The van der Waals surface area contributed by atoms with Crippen molar-refractivity contribution in [2.45, 2.75) is 36.9 Å². The van der Waals surface area contributed by atoms with Crippen LogP contribution in [0, 0.1) is 12.7 Å². The highest BCUT2D eigenvalue weighted by atomic mass is 32.2. The lowest BCUT2D eigenvalue weighted by atomic mass is 10.2. The molecule has 1 heterocycles. The number of anilines is 1. The van der Waals surface area contributed by atoms with Crippen molar-refractivity contribution in [1.82, 2.24) is 10.2 Å². The third-order valence-corrected chi connectivity index (χ3v) is 6.06. The molecule has 1 aromatic rings. The van der Waals surface area contributed by atoms with E-state index in [4.69, 9.17) is 12.2 Å². The molecule has 1 N–H and O–H groups in total. The van der Waals surface area contributed by atoms with Gasteiger partial charge in [-0.05, 0) is 49.7 Å². The number of halogens is 4. The number of nitrogens with zero attached hydrogens (tertiary/aromatic N) is 2. The van der Waals surface area contributed by atoms with Gasteiger partial charge in [0.15, 0.2) is 5.11 Å². The first-order valence-electron chi connectivity index (χ1n) is 8.18. The van der Waals surface area contributed by atoms with Crippen LogP contribution in [0.25, 0.3) is 0 Å². The smallest absolute Gasteiger partial charge is 0.335 e. The van der Waals surface area contributed by atoms with Crippen molar-refractivity contribution in [1.29, 1.82) is 0 Å². The van der Waals surface area contributed by atoms with Gasteiger partial charge in [-0.1, -0.05) is 0 Å². The Kier molecular flexibility index (Phi) is 5.45. The van der Waals surface area contributed by atoms with Crippen molar-refractivity contribution in [3.05, 3.63) is 23.5 Å². The molecule has 3 amide bonds. The summed E-state index contributed by atoms with van der Waals surface area (Å²) in [6, 6.07) is 1.21. The molecule has 1 aliphatic heterocycles. The molecular weight excluding hydrogens is 422 g/mol. The van der Waals surface area contributed by atoms with Gasteiger partial charge < -0.3 is 5.32 Å². The first-order chi connectivity index (χ1) is 13.0. The number of hydrogen-bond acceptors (Lipinski definition) is 4. The van der Waals surface area contributed by atoms with Crippen molar-refractivity contribution < 1.29 is 31.4 Å². The van der Waals surface area contributed by atoms with Gasteiger partial charge >= 0.3 is 12.2 Å². The summed E-state index contributed by atoms with van der Waals surface area (Å²) in [6.45, 7) is 0.891. The Morgan fingerprint density at radius 2 is 2.00 bits per heavy atom. The number of amides is 3. The van der Waals surface area contributed by atoms with E-state index in [1.165, 1.54) is 6.92 Å². The van der Waals surface area contributed by atoms with Crippen LogP contribution in [-0.4, -0.2) is 50.7 Å². The third-order valence-electron chi connectivity index (χ3n) is 4.14. The van der Waals surface area contributed by atoms with E-state index < -0.39 is 52.7 Å². The fourth-order valence-electron chi connectivity index (χ4n) is 2.66. The summed E-state index contributed by atoms with van der Waals surface area (Å²) in [5, 5.41) is 2.36. The molecule has 1 unspecified atom stereocenters. The number of rotatable bonds is 4. The second-order valence-electron chi connectivity index (χ2n) is 6.50. The topological polar surface area (TPSA) is 69.7 Å². The summed E-state index contributed by atoms with van der Waals surface area (Å²) in [5.74, 6) is -3.25. The molecule has 1 atom stereocenters. The van der Waals surface area contributed by atoms with E-state index in [1.54, 1.807) is 0 Å². The maximum absolute atomic E-state index is 14.5. The van der Waals surface area contributed by atoms with Crippen molar-refractivity contribution in [3.8, 4) is 0 Å². The molecule has 12 heteroatoms. The lowest BCUT2D eigenvalue weighted by Crippen LogP contribution is -2.43. The fourth-order valence-corrected chi connectivity index (χ4v) is 4.12. The van der Waals surface area contributed by atoms with E-state index in [-0.39, 0.29) is 21.6 Å². The number of benzene rings is 1. The first kappa shape index (κ1) is 20.6. The molecule has 0 aromatic heterocycles. The predicted octanol–water partition coefficient (Wildman–Crippen LogP) is 2.61. The summed E-state index contributed by atoms with van der Waals surface area (Å²) in [7, 11) is -2.49. The Hall–Kier alpha value is -2.08. The van der Waals surface area contributed by atoms with Crippen molar-refractivity contribution in [2.24, 2.45) is 0 Å². The van der Waals surface area contributed by atoms with Gasteiger partial charge in [0.05, 0.1) is 16.5 Å². The summed E-state index contributed by atoms with van der Waals surface area (Å²) < 4.78 is 64.3. The fraction of sp³-hybridized carbons (Fsp3) is 0.438. The van der Waals surface area contributed by atoms with Gasteiger partial charge in [0.25, 0.3) is 5.91 Å². The summed E-state index contributed by atoms with van der Waals surface area (Å²) >= 11 is 5.11. The van der Waals surface area contributed by atoms with E-state index in [9.17, 15) is 31.4 Å². The zero-order chi connectivity index (χ0) is 20.8. The van der Waals surface area contributed by atoms with Gasteiger partial charge in [-0.3, -0.25) is 18.8 Å². The van der Waals surface area contributed by atoms with Gasteiger partial charge in [0.2, 0.25) is 0 Å². The minimum absolute atomic E-state index is 0.00644. The quantitative estimate of drug-likeness (QED) is 0.581. The molecule has 152 valence electrons. The third kappa shape index (κ3) is 4.32. The lowest BCUT2D eigenvalue weighted by molar-refractivity contribution is -0.116. The van der Waals surface area contributed by atoms with E-state index in [1.807, 2.05) is 0 Å². The Morgan fingerprint density at radius 3 is 2.57 bits per heavy atom. The van der Waals surface area contributed by atoms with Gasteiger partial charge in [0.1, 0.15) is 18.1 Å². The van der Waals surface area contributed by atoms with Crippen LogP contribution in [0.3, 0.4) is 0 Å². The normalized spacial score (nSPS) is 18.6. The molecule has 6 nitrogen and oxygen atoms in total. The Labute approximate surface area is 165 Å². The van der Waals surface area contributed by atoms with Crippen LogP contribution in [0.2, 0.25) is 0 Å². The van der Waals surface area contributed by atoms with Gasteiger partial charge in [-0.15, -0.1) is 0 Å². The predicted molar refractivity (Wildman–Crippen MR) is 96.8 cm³/mol. The van der Waals surface area contributed by atoms with E-state index >= 15 is 0 Å². The number of nitrogens with one attached hydrogen (secondary N) is 1. The highest BCUT2D eigenvalue weighted by Gasteiger charge is 2.40. The average Bonchev–Trinajstić information content (AvgIpc) is 3.31. The summed E-state index contributed by atoms with van der Waals surface area (Å²) in [6.07, 6.45) is -3.06. The van der Waals surface area contributed by atoms with Crippen molar-refractivity contribution >= 4 is 45.8 Å². The zero-order valence-electron chi connectivity index (χ0n) is 14.5. The first-order valence-corrected chi connectivity index (χ1v) is 9.91. The highest BCUT2D eigenvalue weighted by molar-refractivity contribution is 7.85. The standard InChI is InChI=1S/C16H15F4N3O3S2/c1-8-4-10(17)11(5-12(8)28(26)7-16(18,19)20)23-13(24)6-22(15(23)27)14(25)21-9-2-3-9/h4-5,9H,2-3,6-7H2,1H3,(H,21,25).